The third-order valence-corrected chi connectivity index (χ3v) is 9.12. The number of hydrogen-bond donors (Lipinski definition) is 0. The van der Waals surface area contributed by atoms with E-state index in [1.165, 1.54) is 16.9 Å². The van der Waals surface area contributed by atoms with Crippen molar-refractivity contribution in [2.45, 2.75) is 47.4 Å². The summed E-state index contributed by atoms with van der Waals surface area (Å²) >= 11 is 1.18. The van der Waals surface area contributed by atoms with Crippen molar-refractivity contribution >= 4 is 43.5 Å². The third kappa shape index (κ3) is 6.49. The topological polar surface area (TPSA) is 51.8 Å². The fourth-order valence-electron chi connectivity index (χ4n) is 5.98. The number of benzene rings is 4. The molecule has 0 fully saturated rings. The van der Waals surface area contributed by atoms with Gasteiger partial charge in [-0.2, -0.15) is 0 Å². The SMILES string of the molecule is Cc1ccc(-c2[c-]cccc2)nc1.[2H]C([2H])([2H])c1nc2cc3oc4c(-c5cc(C([2H])(C)C)c(-c6c(C)cccc6C)cn5)[c-]ccc4c3cc2s1.[Ir]. The second-order valence-corrected chi connectivity index (χ2v) is 12.9. The normalized spacial score (nSPS) is 12.9. The Bertz CT molecular complexity index is 2520. The first-order valence-electron chi connectivity index (χ1n) is 17.4. The van der Waals surface area contributed by atoms with E-state index in [-0.39, 0.29) is 25.1 Å². The summed E-state index contributed by atoms with van der Waals surface area (Å²) in [5.74, 6) is -0.861. The van der Waals surface area contributed by atoms with Crippen LogP contribution in [-0.4, -0.2) is 15.0 Å². The summed E-state index contributed by atoms with van der Waals surface area (Å²) in [5.41, 5.74) is 11.7. The molecule has 6 heteroatoms. The summed E-state index contributed by atoms with van der Waals surface area (Å²) in [4.78, 5) is 13.5. The molecule has 4 heterocycles. The van der Waals surface area contributed by atoms with E-state index in [0.717, 1.165) is 60.1 Å². The Labute approximate surface area is 304 Å². The van der Waals surface area contributed by atoms with Gasteiger partial charge in [0.15, 0.2) is 0 Å². The van der Waals surface area contributed by atoms with Gasteiger partial charge in [0, 0.05) is 55.0 Å². The van der Waals surface area contributed by atoms with Crippen LogP contribution in [0.1, 0.15) is 52.5 Å². The van der Waals surface area contributed by atoms with Crippen LogP contribution < -0.4 is 0 Å². The van der Waals surface area contributed by atoms with Gasteiger partial charge in [0.2, 0.25) is 0 Å². The predicted octanol–water partition coefficient (Wildman–Crippen LogP) is 11.6. The summed E-state index contributed by atoms with van der Waals surface area (Å²) < 4.78 is 39.1. The number of hydrogen-bond acceptors (Lipinski definition) is 5. The van der Waals surface area contributed by atoms with Crippen LogP contribution in [0.5, 0.6) is 0 Å². The molecule has 4 nitrogen and oxygen atoms in total. The van der Waals surface area contributed by atoms with E-state index in [4.69, 9.17) is 14.9 Å². The number of aromatic nitrogens is 3. The zero-order valence-electron chi connectivity index (χ0n) is 31.2. The summed E-state index contributed by atoms with van der Waals surface area (Å²) in [5, 5.41) is 1.90. The number of pyridine rings is 2. The molecule has 0 spiro atoms. The quantitative estimate of drug-likeness (QED) is 0.166. The van der Waals surface area contributed by atoms with Gasteiger partial charge in [-0.25, -0.2) is 4.98 Å². The molecule has 4 aromatic heterocycles. The van der Waals surface area contributed by atoms with Gasteiger partial charge < -0.3 is 14.4 Å². The van der Waals surface area contributed by atoms with Crippen molar-refractivity contribution in [2.75, 3.05) is 0 Å². The maximum atomic E-state index is 8.93. The molecule has 0 N–H and O–H groups in total. The van der Waals surface area contributed by atoms with E-state index in [9.17, 15) is 0 Å². The molecule has 0 saturated heterocycles. The maximum absolute atomic E-state index is 8.93. The third-order valence-electron chi connectivity index (χ3n) is 8.29. The molecule has 48 heavy (non-hydrogen) atoms. The minimum Gasteiger partial charge on any atom is -0.501 e. The number of rotatable bonds is 4. The van der Waals surface area contributed by atoms with Crippen LogP contribution in [0.2, 0.25) is 0 Å². The van der Waals surface area contributed by atoms with Crippen molar-refractivity contribution in [2.24, 2.45) is 0 Å². The largest absolute Gasteiger partial charge is 0.501 e. The molecule has 0 aliphatic carbocycles. The van der Waals surface area contributed by atoms with Gasteiger partial charge in [-0.15, -0.1) is 65.4 Å². The molecule has 0 aliphatic rings. The van der Waals surface area contributed by atoms with E-state index < -0.39 is 12.7 Å². The number of aryl methyl sites for hydroxylation is 4. The summed E-state index contributed by atoms with van der Waals surface area (Å²) in [6.45, 7) is 7.74. The average Bonchev–Trinajstić information content (AvgIpc) is 3.69. The van der Waals surface area contributed by atoms with Crippen LogP contribution >= 0.6 is 11.3 Å². The van der Waals surface area contributed by atoms with Crippen molar-refractivity contribution in [3.63, 3.8) is 0 Å². The summed E-state index contributed by atoms with van der Waals surface area (Å²) in [6, 6.07) is 34.1. The Morgan fingerprint density at radius 3 is 2.35 bits per heavy atom. The Morgan fingerprint density at radius 1 is 0.833 bits per heavy atom. The first-order chi connectivity index (χ1) is 24.3. The Hall–Kier alpha value is -4.48. The number of fused-ring (bicyclic) bond motifs is 4. The zero-order chi connectivity index (χ0) is 36.1. The maximum Gasteiger partial charge on any atom is 0.123 e. The van der Waals surface area contributed by atoms with Crippen LogP contribution in [-0.2, 0) is 20.1 Å². The first kappa shape index (κ1) is 28.5. The fourth-order valence-corrected chi connectivity index (χ4v) is 6.71. The van der Waals surface area contributed by atoms with Gasteiger partial charge in [-0.1, -0.05) is 61.2 Å². The predicted molar refractivity (Wildman–Crippen MR) is 196 cm³/mol. The minimum absolute atomic E-state index is 0. The summed E-state index contributed by atoms with van der Waals surface area (Å²) in [7, 11) is 0. The molecular weight excluding hydrogens is 787 g/mol. The van der Waals surface area contributed by atoms with Crippen molar-refractivity contribution in [1.29, 1.82) is 0 Å². The molecule has 241 valence electrons. The second-order valence-electron chi connectivity index (χ2n) is 11.9. The van der Waals surface area contributed by atoms with E-state index in [0.29, 0.717) is 22.4 Å². The van der Waals surface area contributed by atoms with E-state index in [1.54, 1.807) is 6.07 Å². The Morgan fingerprint density at radius 2 is 1.65 bits per heavy atom. The van der Waals surface area contributed by atoms with Crippen molar-refractivity contribution < 1.29 is 30.0 Å². The molecule has 8 aromatic rings. The van der Waals surface area contributed by atoms with Gasteiger partial charge in [-0.05, 0) is 78.8 Å². The van der Waals surface area contributed by atoms with Crippen molar-refractivity contribution in [3.05, 3.63) is 137 Å². The molecule has 0 aliphatic heterocycles. The second kappa shape index (κ2) is 13.9. The van der Waals surface area contributed by atoms with Gasteiger partial charge in [0.1, 0.15) is 5.58 Å². The van der Waals surface area contributed by atoms with Crippen molar-refractivity contribution in [1.82, 2.24) is 15.0 Å². The fraction of sp³-hybridized carbons (Fsp3) is 0.167. The van der Waals surface area contributed by atoms with Crippen LogP contribution in [0.25, 0.3) is 65.8 Å². The van der Waals surface area contributed by atoms with Crippen LogP contribution in [0.3, 0.4) is 0 Å². The molecule has 8 rings (SSSR count). The molecular formula is C42H35IrN3OS-2. The smallest absolute Gasteiger partial charge is 0.123 e. The van der Waals surface area contributed by atoms with Gasteiger partial charge in [0.25, 0.3) is 0 Å². The molecule has 0 saturated carbocycles. The van der Waals surface area contributed by atoms with E-state index in [2.05, 4.69) is 54.1 Å². The minimum atomic E-state index is -2.24. The molecule has 1 radical (unpaired) electrons. The average molecular weight is 826 g/mol. The first-order valence-corrected chi connectivity index (χ1v) is 16.2. The van der Waals surface area contributed by atoms with Gasteiger partial charge >= 0.3 is 0 Å². The van der Waals surface area contributed by atoms with Crippen LogP contribution in [0.15, 0.2) is 102 Å². The summed E-state index contributed by atoms with van der Waals surface area (Å²) in [6.07, 6.45) is 3.73. The number of nitrogens with zero attached hydrogens (tertiary/aromatic N) is 3. The molecule has 0 unspecified atom stereocenters. The molecule has 0 amide bonds. The Kier molecular flexibility index (Phi) is 8.28. The Balaban J connectivity index is 0.000000279. The van der Waals surface area contributed by atoms with E-state index in [1.807, 2.05) is 93.8 Å². The molecule has 0 atom stereocenters. The van der Waals surface area contributed by atoms with Crippen molar-refractivity contribution in [3.8, 4) is 33.6 Å². The molecule has 0 bridgehead atoms. The van der Waals surface area contributed by atoms with Crippen LogP contribution in [0, 0.1) is 39.8 Å². The number of thiazole rings is 1. The van der Waals surface area contributed by atoms with E-state index >= 15 is 0 Å². The zero-order valence-corrected chi connectivity index (χ0v) is 30.4. The number of furan rings is 1. The monoisotopic (exact) mass is 826 g/mol. The van der Waals surface area contributed by atoms with Crippen LogP contribution in [0.4, 0.5) is 0 Å². The molecule has 4 aromatic carbocycles. The standard InChI is InChI=1S/C30H25N2OS.C12H10N.Ir/c1-16(2)22-12-25(31-15-24(22)29-17(3)8-6-9-18(29)4)21-11-7-10-20-23-13-28-26(32-19(5)34-28)14-27(23)33-30(20)21;1-10-7-8-12(13-9-10)11-5-3-2-4-6-11;/h6-10,12-16H,1-5H3;2-5,7-9H,1H3;/q2*-1;/i5D3,16D;;. The van der Waals surface area contributed by atoms with Gasteiger partial charge in [-0.3, -0.25) is 0 Å². The van der Waals surface area contributed by atoms with Gasteiger partial charge in [0.05, 0.1) is 20.8 Å².